The maximum atomic E-state index is 8.30. The summed E-state index contributed by atoms with van der Waals surface area (Å²) in [6, 6.07) is 0. The summed E-state index contributed by atoms with van der Waals surface area (Å²) in [7, 11) is 3.25. The van der Waals surface area contributed by atoms with E-state index in [0.29, 0.717) is 23.0 Å². The fraction of sp³-hybridized carbons (Fsp3) is 0. The fourth-order valence-electron chi connectivity index (χ4n) is 0. The third kappa shape index (κ3) is 23.4. The van der Waals surface area contributed by atoms with Crippen molar-refractivity contribution in [3.05, 3.63) is 0 Å². The van der Waals surface area contributed by atoms with Crippen LogP contribution in [0.15, 0.2) is 0 Å². The van der Waals surface area contributed by atoms with E-state index in [-0.39, 0.29) is 0 Å². The molecule has 0 aromatic carbocycles. The summed E-state index contributed by atoms with van der Waals surface area (Å²) in [4.78, 5) is 0. The van der Waals surface area contributed by atoms with Gasteiger partial charge < -0.3 is 0 Å². The first-order chi connectivity index (χ1) is 2.00. The Bertz CT molecular complexity index is 8.00. The second kappa shape index (κ2) is 92.0. The van der Waals surface area contributed by atoms with Crippen LogP contribution in [0.3, 0.4) is 0 Å². The van der Waals surface area contributed by atoms with Gasteiger partial charge in [0, 0.05) is 0 Å². The van der Waals surface area contributed by atoms with Crippen molar-refractivity contribution in [3.8, 4) is 0 Å². The maximum absolute atomic E-state index is 8.30. The van der Waals surface area contributed by atoms with Crippen LogP contribution in [-0.4, -0.2) is 30.7 Å². The summed E-state index contributed by atoms with van der Waals surface area (Å²) in [6.07, 6.45) is 0. The molecule has 0 N–H and O–H groups in total. The van der Waals surface area contributed by atoms with E-state index in [0.717, 1.165) is 0 Å². The minimum absolute atomic E-state index is 0.500. The Balaban J connectivity index is 0. The average Bonchev–Trinajstić information content (AvgIpc) is 1.50. The van der Waals surface area contributed by atoms with Gasteiger partial charge in [-0.1, -0.05) is 0 Å². The SMILES string of the molecule is [B]=O.[O]=[Sb]. The molecule has 0 rings (SSSR count). The van der Waals surface area contributed by atoms with E-state index in [1.807, 2.05) is 0 Å². The van der Waals surface area contributed by atoms with Gasteiger partial charge in [0.05, 0.1) is 0 Å². The van der Waals surface area contributed by atoms with Crippen molar-refractivity contribution in [1.82, 2.24) is 0 Å². The summed E-state index contributed by atoms with van der Waals surface area (Å²) < 4.78 is 16.0. The Kier molecular flexibility index (Phi) is 203. The van der Waals surface area contributed by atoms with Crippen molar-refractivity contribution in [2.45, 2.75) is 0 Å². The van der Waals surface area contributed by atoms with Crippen molar-refractivity contribution >= 4 is 30.7 Å². The quantitative estimate of drug-likeness (QED) is 0.431. The molecule has 4 heavy (non-hydrogen) atoms. The topological polar surface area (TPSA) is 34.1 Å². The summed E-state index contributed by atoms with van der Waals surface area (Å²) in [5.41, 5.74) is 0. The van der Waals surface area contributed by atoms with Crippen molar-refractivity contribution in [3.63, 3.8) is 0 Å². The van der Waals surface area contributed by atoms with Crippen molar-refractivity contribution in [2.24, 2.45) is 0 Å². The molecule has 0 saturated carbocycles. The van der Waals surface area contributed by atoms with Gasteiger partial charge in [-0.25, -0.2) is 0 Å². The van der Waals surface area contributed by atoms with Crippen LogP contribution in [-0.2, 0) is 7.72 Å². The Morgan fingerprint density at radius 2 is 1.25 bits per heavy atom. The van der Waals surface area contributed by atoms with Crippen LogP contribution in [0, 0.1) is 0 Å². The Morgan fingerprint density at radius 3 is 1.25 bits per heavy atom. The molecule has 0 spiro atoms. The predicted octanol–water partition coefficient (Wildman–Crippen LogP) is -0.999. The molecule has 0 aromatic rings. The van der Waals surface area contributed by atoms with Crippen molar-refractivity contribution in [2.75, 3.05) is 0 Å². The van der Waals surface area contributed by atoms with Gasteiger partial charge in [0.25, 0.3) is 0 Å². The average molecular weight is 165 g/mol. The minimum atomic E-state index is 0.500. The van der Waals surface area contributed by atoms with E-state index in [2.05, 4.69) is 7.72 Å². The first kappa shape index (κ1) is 8.82. The Morgan fingerprint density at radius 1 is 1.25 bits per heavy atom. The monoisotopic (exact) mass is 164 g/mol. The number of hydrogen-bond donors (Lipinski definition) is 0. The van der Waals surface area contributed by atoms with Gasteiger partial charge in [-0.2, -0.15) is 0 Å². The molecule has 0 aromatic heterocycles. The third-order valence-electron chi connectivity index (χ3n) is 0. The predicted molar refractivity (Wildman–Crippen MR) is 12.9 cm³/mol. The second-order valence-corrected chi connectivity index (χ2v) is 0. The van der Waals surface area contributed by atoms with Gasteiger partial charge in [0.15, 0.2) is 0 Å². The van der Waals surface area contributed by atoms with Crippen LogP contribution in [0.2, 0.25) is 0 Å². The zero-order valence-corrected chi connectivity index (χ0v) is 4.39. The van der Waals surface area contributed by atoms with Crippen LogP contribution in [0.4, 0.5) is 0 Å². The molecule has 2 radical (unpaired) electrons. The summed E-state index contributed by atoms with van der Waals surface area (Å²) >= 11 is 0.500. The molecular formula is BO2Sb. The molecule has 20 valence electrons. The van der Waals surface area contributed by atoms with Gasteiger partial charge in [-0.3, -0.25) is 0 Å². The fourth-order valence-corrected chi connectivity index (χ4v) is 0. The Hall–Kier alpha value is 0.483. The van der Waals surface area contributed by atoms with Crippen LogP contribution in [0.25, 0.3) is 0 Å². The van der Waals surface area contributed by atoms with E-state index >= 15 is 0 Å². The third-order valence-corrected chi connectivity index (χ3v) is 0. The second-order valence-electron chi connectivity index (χ2n) is 0. The Labute approximate surface area is 38.9 Å². The van der Waals surface area contributed by atoms with Gasteiger partial charge in [0.1, 0.15) is 0 Å². The molecule has 0 unspecified atom stereocenters. The first-order valence-corrected chi connectivity index (χ1v) is 1.46. The number of rotatable bonds is 0. The van der Waals surface area contributed by atoms with Crippen LogP contribution in [0.5, 0.6) is 0 Å². The van der Waals surface area contributed by atoms with Crippen LogP contribution in [0.1, 0.15) is 0 Å². The summed E-state index contributed by atoms with van der Waals surface area (Å²) in [6.45, 7) is 0. The number of hydrogen-bond acceptors (Lipinski definition) is 2. The van der Waals surface area contributed by atoms with Crippen LogP contribution >= 0.6 is 0 Å². The molecule has 0 heterocycles. The summed E-state index contributed by atoms with van der Waals surface area (Å²) in [5.74, 6) is 0. The molecule has 0 aliphatic rings. The molecule has 0 atom stereocenters. The zero-order chi connectivity index (χ0) is 4.00. The van der Waals surface area contributed by atoms with Crippen molar-refractivity contribution < 1.29 is 7.72 Å². The van der Waals surface area contributed by atoms with Gasteiger partial charge in [0.2, 0.25) is 0 Å². The van der Waals surface area contributed by atoms with E-state index < -0.39 is 0 Å². The molecule has 0 bridgehead atoms. The molecule has 0 amide bonds. The summed E-state index contributed by atoms with van der Waals surface area (Å²) in [5, 5.41) is 0. The van der Waals surface area contributed by atoms with E-state index in [4.69, 9.17) is 7.72 Å². The van der Waals surface area contributed by atoms with Gasteiger partial charge >= 0.3 is 38.5 Å². The van der Waals surface area contributed by atoms with E-state index in [9.17, 15) is 0 Å². The van der Waals surface area contributed by atoms with Gasteiger partial charge in [-0.05, 0) is 0 Å². The molecular weight excluding hydrogens is 165 g/mol. The van der Waals surface area contributed by atoms with Gasteiger partial charge in [-0.15, -0.1) is 0 Å². The zero-order valence-electron chi connectivity index (χ0n) is 1.84. The van der Waals surface area contributed by atoms with E-state index in [1.165, 1.54) is 0 Å². The standard InChI is InChI=1S/BO.O.Sb/c1-2;;. The molecule has 0 fully saturated rings. The first-order valence-electron chi connectivity index (χ1n) is 0.418. The molecule has 4 heteroatoms. The molecule has 2 nitrogen and oxygen atoms in total. The molecule has 0 aliphatic heterocycles. The van der Waals surface area contributed by atoms with Crippen molar-refractivity contribution in [1.29, 1.82) is 0 Å². The molecule has 0 saturated heterocycles. The normalized spacial score (nSPS) is 1.75. The van der Waals surface area contributed by atoms with Crippen LogP contribution < -0.4 is 0 Å². The van der Waals surface area contributed by atoms with E-state index in [1.54, 1.807) is 0 Å². The molecule has 0 aliphatic carbocycles.